The van der Waals surface area contributed by atoms with Crippen LogP contribution in [0.15, 0.2) is 12.2 Å². The van der Waals surface area contributed by atoms with Crippen LogP contribution in [0, 0.1) is 23.7 Å². The van der Waals surface area contributed by atoms with E-state index in [1.165, 1.54) is 12.2 Å². The number of allylic oxidation sites excluding steroid dienone is 2. The standard InChI is InChI=1S/C11H10O3/c12-6-1-2-7(13)9-5-3-4(8(6)9)10-11(5)14-10/h1-2,4-5,8-11H,3H2/t4-,5+,8-,9-,10+,11+/m0/s1. The Bertz CT molecular complexity index is 350. The van der Waals surface area contributed by atoms with Gasteiger partial charge >= 0.3 is 0 Å². The SMILES string of the molecule is O=C1C=CC(=O)[C@@H]2[C@H]3C[C@H]([C@H]4O[C@H]34)[C@@H]12. The molecular formula is C11H10O3. The molecular weight excluding hydrogens is 180 g/mol. The van der Waals surface area contributed by atoms with E-state index in [0.717, 1.165) is 6.42 Å². The predicted molar refractivity (Wildman–Crippen MR) is 46.4 cm³/mol. The molecule has 0 aromatic rings. The van der Waals surface area contributed by atoms with Crippen molar-refractivity contribution in [3.8, 4) is 0 Å². The smallest absolute Gasteiger partial charge is 0.160 e. The summed E-state index contributed by atoms with van der Waals surface area (Å²) in [5, 5.41) is 0. The summed E-state index contributed by atoms with van der Waals surface area (Å²) >= 11 is 0. The molecule has 3 fully saturated rings. The van der Waals surface area contributed by atoms with E-state index >= 15 is 0 Å². The van der Waals surface area contributed by atoms with Gasteiger partial charge in [-0.25, -0.2) is 0 Å². The van der Waals surface area contributed by atoms with Crippen molar-refractivity contribution in [3.05, 3.63) is 12.2 Å². The lowest BCUT2D eigenvalue weighted by atomic mass is 9.72. The molecule has 14 heavy (non-hydrogen) atoms. The zero-order chi connectivity index (χ0) is 9.45. The normalized spacial score (nSPS) is 57.4. The minimum atomic E-state index is -0.0405. The Morgan fingerprint density at radius 2 is 1.50 bits per heavy atom. The van der Waals surface area contributed by atoms with E-state index < -0.39 is 0 Å². The third kappa shape index (κ3) is 0.630. The average molecular weight is 190 g/mol. The van der Waals surface area contributed by atoms with Crippen LogP contribution in [-0.4, -0.2) is 23.8 Å². The molecule has 3 aliphatic carbocycles. The molecule has 0 radical (unpaired) electrons. The van der Waals surface area contributed by atoms with Gasteiger partial charge in [0.1, 0.15) is 0 Å². The van der Waals surface area contributed by atoms with Crippen molar-refractivity contribution in [1.82, 2.24) is 0 Å². The summed E-state index contributed by atoms with van der Waals surface area (Å²) in [5.41, 5.74) is 0. The molecule has 4 aliphatic rings. The lowest BCUT2D eigenvalue weighted by Crippen LogP contribution is -2.39. The number of hydrogen-bond acceptors (Lipinski definition) is 3. The summed E-state index contributed by atoms with van der Waals surface area (Å²) in [6, 6.07) is 0. The second-order valence-electron chi connectivity index (χ2n) is 4.82. The van der Waals surface area contributed by atoms with Crippen LogP contribution in [0.5, 0.6) is 0 Å². The molecule has 3 nitrogen and oxygen atoms in total. The quantitative estimate of drug-likeness (QED) is 0.517. The number of fused-ring (bicyclic) bond motifs is 8. The van der Waals surface area contributed by atoms with Gasteiger partial charge in [0, 0.05) is 11.8 Å². The predicted octanol–water partition coefficient (Wildman–Crippen LogP) is 0.344. The minimum absolute atomic E-state index is 0.0405. The van der Waals surface area contributed by atoms with Crippen molar-refractivity contribution in [2.24, 2.45) is 23.7 Å². The summed E-state index contributed by atoms with van der Waals surface area (Å²) in [5.74, 6) is 0.905. The Kier molecular flexibility index (Phi) is 1.05. The van der Waals surface area contributed by atoms with E-state index in [2.05, 4.69) is 0 Å². The van der Waals surface area contributed by atoms with E-state index in [0.29, 0.717) is 24.0 Å². The van der Waals surface area contributed by atoms with E-state index in [9.17, 15) is 9.59 Å². The second-order valence-corrected chi connectivity index (χ2v) is 4.82. The fourth-order valence-electron chi connectivity index (χ4n) is 3.80. The van der Waals surface area contributed by atoms with Crippen molar-refractivity contribution >= 4 is 11.6 Å². The van der Waals surface area contributed by atoms with Gasteiger partial charge in [0.15, 0.2) is 11.6 Å². The highest BCUT2D eigenvalue weighted by Crippen LogP contribution is 2.62. The molecule has 1 saturated heterocycles. The van der Waals surface area contributed by atoms with Gasteiger partial charge in [-0.1, -0.05) is 0 Å². The molecule has 1 aliphatic heterocycles. The molecule has 0 unspecified atom stereocenters. The number of ether oxygens (including phenoxy) is 1. The Labute approximate surface area is 81.1 Å². The van der Waals surface area contributed by atoms with Gasteiger partial charge < -0.3 is 4.74 Å². The first kappa shape index (κ1) is 7.35. The van der Waals surface area contributed by atoms with E-state index in [-0.39, 0.29) is 23.4 Å². The van der Waals surface area contributed by atoms with Gasteiger partial charge in [0.25, 0.3) is 0 Å². The van der Waals surface area contributed by atoms with Crippen LogP contribution < -0.4 is 0 Å². The number of carbonyl (C=O) groups is 2. The Hall–Kier alpha value is -0.960. The van der Waals surface area contributed by atoms with Crippen molar-refractivity contribution in [2.45, 2.75) is 18.6 Å². The molecule has 1 heterocycles. The fourth-order valence-corrected chi connectivity index (χ4v) is 3.80. The third-order valence-corrected chi connectivity index (χ3v) is 4.33. The van der Waals surface area contributed by atoms with Crippen molar-refractivity contribution in [1.29, 1.82) is 0 Å². The van der Waals surface area contributed by atoms with Gasteiger partial charge in [-0.3, -0.25) is 9.59 Å². The largest absolute Gasteiger partial charge is 0.369 e. The molecule has 4 rings (SSSR count). The molecule has 6 atom stereocenters. The first-order chi connectivity index (χ1) is 6.77. The lowest BCUT2D eigenvalue weighted by molar-refractivity contribution is -0.130. The van der Waals surface area contributed by atoms with Crippen molar-refractivity contribution in [2.75, 3.05) is 0 Å². The molecule has 3 heteroatoms. The van der Waals surface area contributed by atoms with Crippen LogP contribution in [0.3, 0.4) is 0 Å². The fraction of sp³-hybridized carbons (Fsp3) is 0.636. The highest BCUT2D eigenvalue weighted by atomic mass is 16.6. The van der Waals surface area contributed by atoms with Crippen LogP contribution >= 0.6 is 0 Å². The maximum Gasteiger partial charge on any atom is 0.160 e. The zero-order valence-electron chi connectivity index (χ0n) is 7.55. The molecule has 2 bridgehead atoms. The van der Waals surface area contributed by atoms with Crippen LogP contribution in [0.2, 0.25) is 0 Å². The number of ketones is 2. The molecule has 0 N–H and O–H groups in total. The van der Waals surface area contributed by atoms with Crippen LogP contribution in [0.4, 0.5) is 0 Å². The monoisotopic (exact) mass is 190 g/mol. The van der Waals surface area contributed by atoms with Crippen molar-refractivity contribution in [3.63, 3.8) is 0 Å². The van der Waals surface area contributed by atoms with Crippen molar-refractivity contribution < 1.29 is 14.3 Å². The topological polar surface area (TPSA) is 46.7 Å². The van der Waals surface area contributed by atoms with Gasteiger partial charge in [0.05, 0.1) is 12.2 Å². The first-order valence-electron chi connectivity index (χ1n) is 5.18. The van der Waals surface area contributed by atoms with E-state index in [1.807, 2.05) is 0 Å². The van der Waals surface area contributed by atoms with Crippen LogP contribution in [0.1, 0.15) is 6.42 Å². The molecule has 2 saturated carbocycles. The van der Waals surface area contributed by atoms with Gasteiger partial charge in [0.2, 0.25) is 0 Å². The highest BCUT2D eigenvalue weighted by molar-refractivity contribution is 6.08. The van der Waals surface area contributed by atoms with E-state index in [4.69, 9.17) is 4.74 Å². The van der Waals surface area contributed by atoms with E-state index in [1.54, 1.807) is 0 Å². The summed E-state index contributed by atoms with van der Waals surface area (Å²) in [7, 11) is 0. The maximum atomic E-state index is 11.7. The molecule has 0 amide bonds. The summed E-state index contributed by atoms with van der Waals surface area (Å²) in [6.07, 6.45) is 4.57. The average Bonchev–Trinajstić information content (AvgIpc) is 2.79. The minimum Gasteiger partial charge on any atom is -0.369 e. The zero-order valence-corrected chi connectivity index (χ0v) is 7.55. The maximum absolute atomic E-state index is 11.7. The highest BCUT2D eigenvalue weighted by Gasteiger charge is 2.70. The van der Waals surface area contributed by atoms with Crippen LogP contribution in [-0.2, 0) is 14.3 Å². The Morgan fingerprint density at radius 3 is 2.00 bits per heavy atom. The first-order valence-corrected chi connectivity index (χ1v) is 5.18. The Morgan fingerprint density at radius 1 is 1.00 bits per heavy atom. The summed E-state index contributed by atoms with van der Waals surface area (Å²) in [4.78, 5) is 23.4. The second kappa shape index (κ2) is 2.01. The van der Waals surface area contributed by atoms with Crippen LogP contribution in [0.25, 0.3) is 0 Å². The summed E-state index contributed by atoms with van der Waals surface area (Å²) < 4.78 is 5.50. The van der Waals surface area contributed by atoms with Gasteiger partial charge in [-0.05, 0) is 30.4 Å². The Balaban J connectivity index is 1.84. The number of carbonyl (C=O) groups excluding carboxylic acids is 2. The molecule has 0 aromatic heterocycles. The molecule has 0 aromatic carbocycles. The lowest BCUT2D eigenvalue weighted by Gasteiger charge is -2.27. The summed E-state index contributed by atoms with van der Waals surface area (Å²) in [6.45, 7) is 0. The number of hydrogen-bond donors (Lipinski definition) is 0. The number of epoxide rings is 1. The molecule has 72 valence electrons. The number of rotatable bonds is 0. The molecule has 0 spiro atoms. The van der Waals surface area contributed by atoms with Gasteiger partial charge in [-0.2, -0.15) is 0 Å². The third-order valence-electron chi connectivity index (χ3n) is 4.33. The van der Waals surface area contributed by atoms with Gasteiger partial charge in [-0.15, -0.1) is 0 Å².